The van der Waals surface area contributed by atoms with E-state index in [9.17, 15) is 9.59 Å². The van der Waals surface area contributed by atoms with Gasteiger partial charge in [-0.2, -0.15) is 0 Å². The molecule has 0 fully saturated rings. The van der Waals surface area contributed by atoms with E-state index in [1.165, 1.54) is 0 Å². The second kappa shape index (κ2) is 7.55. The minimum absolute atomic E-state index is 0.103. The first-order valence-electron chi connectivity index (χ1n) is 7.30. The number of anilines is 2. The molecule has 1 aromatic heterocycles. The van der Waals surface area contributed by atoms with Crippen molar-refractivity contribution in [1.82, 2.24) is 9.97 Å². The van der Waals surface area contributed by atoms with E-state index in [2.05, 4.69) is 15.3 Å². The number of aromatic nitrogens is 2. The van der Waals surface area contributed by atoms with Crippen LogP contribution in [-0.2, 0) is 11.2 Å². The summed E-state index contributed by atoms with van der Waals surface area (Å²) in [5.41, 5.74) is 1.88. The molecular weight excluding hydrogens is 298 g/mol. The Morgan fingerprint density at radius 2 is 2.04 bits per heavy atom. The van der Waals surface area contributed by atoms with Crippen LogP contribution < -0.4 is 10.9 Å². The zero-order valence-electron chi connectivity index (χ0n) is 13.0. The van der Waals surface area contributed by atoms with Crippen molar-refractivity contribution in [2.45, 2.75) is 20.3 Å². The average molecular weight is 317 g/mol. The van der Waals surface area contributed by atoms with E-state index >= 15 is 0 Å². The second-order valence-corrected chi connectivity index (χ2v) is 4.87. The highest BCUT2D eigenvalue weighted by Crippen LogP contribution is 2.14. The molecule has 0 radical (unpaired) electrons. The molecule has 0 bridgehead atoms. The lowest BCUT2D eigenvalue weighted by molar-refractivity contribution is 0.0526. The second-order valence-electron chi connectivity index (χ2n) is 4.87. The summed E-state index contributed by atoms with van der Waals surface area (Å²) in [5, 5.41) is 11.9. The van der Waals surface area contributed by atoms with Crippen molar-refractivity contribution < 1.29 is 14.6 Å². The van der Waals surface area contributed by atoms with Crippen LogP contribution in [0.2, 0.25) is 0 Å². The minimum Gasteiger partial charge on any atom is -0.462 e. The number of H-pyrrole nitrogens is 1. The number of aliphatic hydroxyl groups excluding tert-OH is 1. The monoisotopic (exact) mass is 317 g/mol. The van der Waals surface area contributed by atoms with Gasteiger partial charge in [-0.15, -0.1) is 0 Å². The first-order valence-corrected chi connectivity index (χ1v) is 7.30. The van der Waals surface area contributed by atoms with Gasteiger partial charge in [-0.25, -0.2) is 9.78 Å². The molecule has 0 atom stereocenters. The van der Waals surface area contributed by atoms with E-state index in [0.717, 1.165) is 0 Å². The molecule has 0 aliphatic heterocycles. The first-order chi connectivity index (χ1) is 11.0. The Kier molecular flexibility index (Phi) is 5.48. The molecule has 0 unspecified atom stereocenters. The molecule has 0 aliphatic rings. The molecule has 7 nitrogen and oxygen atoms in total. The number of esters is 1. The molecule has 2 rings (SSSR count). The van der Waals surface area contributed by atoms with Gasteiger partial charge in [0.05, 0.1) is 17.9 Å². The molecule has 0 aliphatic carbocycles. The summed E-state index contributed by atoms with van der Waals surface area (Å²) >= 11 is 0. The number of aryl methyl sites for hydroxylation is 1. The van der Waals surface area contributed by atoms with Crippen LogP contribution in [0.4, 0.5) is 11.6 Å². The summed E-state index contributed by atoms with van der Waals surface area (Å²) in [7, 11) is 0. The number of ether oxygens (including phenoxy) is 1. The van der Waals surface area contributed by atoms with Crippen molar-refractivity contribution in [1.29, 1.82) is 0 Å². The highest BCUT2D eigenvalue weighted by Gasteiger charge is 2.09. The number of hydrogen-bond donors (Lipinski definition) is 3. The Bertz CT molecular complexity index is 738. The summed E-state index contributed by atoms with van der Waals surface area (Å²) < 4.78 is 4.91. The predicted molar refractivity (Wildman–Crippen MR) is 86.1 cm³/mol. The van der Waals surface area contributed by atoms with Crippen molar-refractivity contribution in [3.8, 4) is 0 Å². The van der Waals surface area contributed by atoms with Gasteiger partial charge in [0.2, 0.25) is 5.95 Å². The Morgan fingerprint density at radius 1 is 1.35 bits per heavy atom. The molecule has 1 aromatic carbocycles. The van der Waals surface area contributed by atoms with Gasteiger partial charge in [-0.1, -0.05) is 0 Å². The summed E-state index contributed by atoms with van der Waals surface area (Å²) in [5.74, 6) is -0.0761. The van der Waals surface area contributed by atoms with Crippen LogP contribution in [0.5, 0.6) is 0 Å². The zero-order chi connectivity index (χ0) is 16.8. The smallest absolute Gasteiger partial charge is 0.338 e. The van der Waals surface area contributed by atoms with Crippen LogP contribution >= 0.6 is 0 Å². The highest BCUT2D eigenvalue weighted by molar-refractivity contribution is 5.89. The quantitative estimate of drug-likeness (QED) is 0.698. The van der Waals surface area contributed by atoms with Crippen LogP contribution in [0, 0.1) is 6.92 Å². The Hall–Kier alpha value is -2.67. The normalized spacial score (nSPS) is 10.4. The molecule has 1 heterocycles. The van der Waals surface area contributed by atoms with Crippen LogP contribution in [0.25, 0.3) is 0 Å². The first kappa shape index (κ1) is 16.7. The number of hydrogen-bond acceptors (Lipinski definition) is 6. The largest absolute Gasteiger partial charge is 0.462 e. The third-order valence-corrected chi connectivity index (χ3v) is 3.24. The number of nitrogens with zero attached hydrogens (tertiary/aromatic N) is 1. The van der Waals surface area contributed by atoms with Crippen molar-refractivity contribution >= 4 is 17.6 Å². The number of carbonyl (C=O) groups is 1. The molecule has 7 heteroatoms. The van der Waals surface area contributed by atoms with Gasteiger partial charge in [0.25, 0.3) is 5.56 Å². The van der Waals surface area contributed by atoms with Crippen LogP contribution in [0.3, 0.4) is 0 Å². The van der Waals surface area contributed by atoms with Gasteiger partial charge in [0.15, 0.2) is 0 Å². The zero-order valence-corrected chi connectivity index (χ0v) is 13.0. The van der Waals surface area contributed by atoms with Crippen molar-refractivity contribution in [2.24, 2.45) is 0 Å². The minimum atomic E-state index is -0.380. The van der Waals surface area contributed by atoms with Crippen molar-refractivity contribution in [3.05, 3.63) is 51.4 Å². The van der Waals surface area contributed by atoms with Crippen LogP contribution in [0.15, 0.2) is 29.1 Å². The number of carbonyl (C=O) groups excluding carboxylic acids is 1. The summed E-state index contributed by atoms with van der Waals surface area (Å²) in [6.45, 7) is 3.69. The standard InChI is InChI=1S/C16H19N3O4/c1-3-23-15(22)11-4-6-12(7-5-11)18-16-17-10(2)13(8-9-20)14(21)19-16/h4-7,20H,3,8-9H2,1-2H3,(H2,17,18,19,21). The van der Waals surface area contributed by atoms with Gasteiger partial charge >= 0.3 is 5.97 Å². The molecule has 0 amide bonds. The Labute approximate surface area is 133 Å². The lowest BCUT2D eigenvalue weighted by Gasteiger charge is -2.09. The molecule has 0 saturated heterocycles. The van der Waals surface area contributed by atoms with Gasteiger partial charge < -0.3 is 15.2 Å². The van der Waals surface area contributed by atoms with Gasteiger partial charge in [-0.3, -0.25) is 9.78 Å². The van der Waals surface area contributed by atoms with E-state index in [4.69, 9.17) is 9.84 Å². The maximum absolute atomic E-state index is 11.9. The van der Waals surface area contributed by atoms with E-state index in [1.807, 2.05) is 0 Å². The number of rotatable bonds is 6. The number of aromatic amines is 1. The maximum Gasteiger partial charge on any atom is 0.338 e. The highest BCUT2D eigenvalue weighted by atomic mass is 16.5. The Morgan fingerprint density at radius 3 is 2.61 bits per heavy atom. The molecule has 3 N–H and O–H groups in total. The topological polar surface area (TPSA) is 104 Å². The molecule has 23 heavy (non-hydrogen) atoms. The predicted octanol–water partition coefficient (Wildman–Crippen LogP) is 1.53. The van der Waals surface area contributed by atoms with Gasteiger partial charge in [0, 0.05) is 24.3 Å². The number of nitrogens with one attached hydrogen (secondary N) is 2. The Balaban J connectivity index is 2.16. The molecule has 122 valence electrons. The molecule has 2 aromatic rings. The van der Waals surface area contributed by atoms with E-state index in [-0.39, 0.29) is 24.6 Å². The molecular formula is C16H19N3O4. The lowest BCUT2D eigenvalue weighted by atomic mass is 10.2. The van der Waals surface area contributed by atoms with Crippen LogP contribution in [0.1, 0.15) is 28.5 Å². The number of benzene rings is 1. The fourth-order valence-electron chi connectivity index (χ4n) is 2.12. The third-order valence-electron chi connectivity index (χ3n) is 3.24. The third kappa shape index (κ3) is 4.17. The van der Waals surface area contributed by atoms with Gasteiger partial charge in [0.1, 0.15) is 0 Å². The lowest BCUT2D eigenvalue weighted by Crippen LogP contribution is -2.19. The SMILES string of the molecule is CCOC(=O)c1ccc(Nc2nc(C)c(CCO)c(=O)[nH]2)cc1. The summed E-state index contributed by atoms with van der Waals surface area (Å²) in [6.07, 6.45) is 0.267. The van der Waals surface area contributed by atoms with E-state index in [1.54, 1.807) is 38.1 Å². The molecule has 0 spiro atoms. The van der Waals surface area contributed by atoms with E-state index < -0.39 is 0 Å². The van der Waals surface area contributed by atoms with Crippen molar-refractivity contribution in [3.63, 3.8) is 0 Å². The summed E-state index contributed by atoms with van der Waals surface area (Å²) in [4.78, 5) is 30.4. The fraction of sp³-hybridized carbons (Fsp3) is 0.312. The van der Waals surface area contributed by atoms with E-state index in [0.29, 0.717) is 35.1 Å². The maximum atomic E-state index is 11.9. The van der Waals surface area contributed by atoms with Gasteiger partial charge in [-0.05, 0) is 38.1 Å². The summed E-state index contributed by atoms with van der Waals surface area (Å²) in [6, 6.07) is 6.66. The fourth-order valence-corrected chi connectivity index (χ4v) is 2.12. The average Bonchev–Trinajstić information content (AvgIpc) is 2.52. The molecule has 0 saturated carbocycles. The number of aliphatic hydroxyl groups is 1. The van der Waals surface area contributed by atoms with Crippen LogP contribution in [-0.4, -0.2) is 34.3 Å². The van der Waals surface area contributed by atoms with Crippen molar-refractivity contribution in [2.75, 3.05) is 18.5 Å².